The molecule has 0 spiro atoms. The molecular formula is C15H12BrNO3S. The molecule has 0 bridgehead atoms. The van der Waals surface area contributed by atoms with Crippen LogP contribution in [0.25, 0.3) is 22.2 Å². The van der Waals surface area contributed by atoms with Crippen molar-refractivity contribution < 1.29 is 9.52 Å². The van der Waals surface area contributed by atoms with Gasteiger partial charge in [0.25, 0.3) is 0 Å². The molecule has 2 heterocycles. The lowest BCUT2D eigenvalue weighted by molar-refractivity contribution is 0.464. The van der Waals surface area contributed by atoms with Gasteiger partial charge in [0.1, 0.15) is 16.5 Å². The van der Waals surface area contributed by atoms with E-state index in [2.05, 4.69) is 20.9 Å². The zero-order chi connectivity index (χ0) is 15.1. The zero-order valence-corrected chi connectivity index (χ0v) is 13.8. The van der Waals surface area contributed by atoms with E-state index in [0.717, 1.165) is 5.01 Å². The summed E-state index contributed by atoms with van der Waals surface area (Å²) in [7, 11) is 0. The number of hydrogen-bond donors (Lipinski definition) is 1. The molecule has 0 aliphatic carbocycles. The number of aryl methyl sites for hydroxylation is 2. The van der Waals surface area contributed by atoms with Crippen LogP contribution in [0, 0.1) is 6.92 Å². The van der Waals surface area contributed by atoms with Crippen molar-refractivity contribution in [2.45, 2.75) is 20.3 Å². The second-order valence-corrected chi connectivity index (χ2v) is 6.51. The summed E-state index contributed by atoms with van der Waals surface area (Å²) in [5.41, 5.74) is 1.97. The summed E-state index contributed by atoms with van der Waals surface area (Å²) in [6.07, 6.45) is 2.02. The summed E-state index contributed by atoms with van der Waals surface area (Å²) in [6.45, 7) is 3.81. The van der Waals surface area contributed by atoms with E-state index in [0.29, 0.717) is 38.7 Å². The van der Waals surface area contributed by atoms with Crippen LogP contribution in [-0.4, -0.2) is 10.1 Å². The summed E-state index contributed by atoms with van der Waals surface area (Å²) in [6, 6.07) is 1.68. The van der Waals surface area contributed by atoms with Crippen LogP contribution in [-0.2, 0) is 6.42 Å². The Hall–Kier alpha value is -1.66. The zero-order valence-electron chi connectivity index (χ0n) is 11.4. The first kappa shape index (κ1) is 14.3. The molecule has 0 aliphatic rings. The van der Waals surface area contributed by atoms with Crippen LogP contribution in [0.2, 0.25) is 0 Å². The van der Waals surface area contributed by atoms with E-state index < -0.39 is 0 Å². The number of rotatable bonds is 2. The topological polar surface area (TPSA) is 63.3 Å². The second-order valence-electron chi connectivity index (χ2n) is 4.66. The first-order valence-electron chi connectivity index (χ1n) is 6.41. The van der Waals surface area contributed by atoms with Crippen molar-refractivity contribution in [2.24, 2.45) is 0 Å². The summed E-state index contributed by atoms with van der Waals surface area (Å²) >= 11 is 4.78. The number of benzene rings is 1. The van der Waals surface area contributed by atoms with E-state index in [1.165, 1.54) is 17.6 Å². The SMILES string of the molecule is CCc1cc2c(=O)c(-c3csc(C)n3)coc2c(Br)c1O. The van der Waals surface area contributed by atoms with Crippen LogP contribution >= 0.6 is 27.3 Å². The minimum atomic E-state index is -0.142. The summed E-state index contributed by atoms with van der Waals surface area (Å²) in [5, 5.41) is 13.2. The third-order valence-electron chi connectivity index (χ3n) is 3.33. The second kappa shape index (κ2) is 5.27. The van der Waals surface area contributed by atoms with Gasteiger partial charge >= 0.3 is 0 Å². The highest BCUT2D eigenvalue weighted by Gasteiger charge is 2.17. The lowest BCUT2D eigenvalue weighted by atomic mass is 10.1. The Morgan fingerprint density at radius 3 is 2.86 bits per heavy atom. The Bertz CT molecular complexity index is 898. The van der Waals surface area contributed by atoms with Crippen LogP contribution in [0.4, 0.5) is 0 Å². The number of hydrogen-bond acceptors (Lipinski definition) is 5. The Kier molecular flexibility index (Phi) is 3.59. The number of fused-ring (bicyclic) bond motifs is 1. The standard InChI is InChI=1S/C15H12BrNO3S/c1-3-8-4-9-14(19)10(11-6-21-7(2)17-11)5-20-15(9)12(16)13(8)18/h4-6,18H,3H2,1-2H3. The largest absolute Gasteiger partial charge is 0.506 e. The molecule has 0 fully saturated rings. The lowest BCUT2D eigenvalue weighted by Gasteiger charge is -2.08. The van der Waals surface area contributed by atoms with Crippen LogP contribution in [0.3, 0.4) is 0 Å². The molecule has 1 N–H and O–H groups in total. The predicted molar refractivity (Wildman–Crippen MR) is 87.1 cm³/mol. The predicted octanol–water partition coefficient (Wildman–Crippen LogP) is 4.26. The molecule has 2 aromatic heterocycles. The van der Waals surface area contributed by atoms with E-state index in [1.54, 1.807) is 6.07 Å². The van der Waals surface area contributed by atoms with Gasteiger partial charge in [0.05, 0.1) is 21.7 Å². The molecule has 4 nitrogen and oxygen atoms in total. The van der Waals surface area contributed by atoms with Gasteiger partial charge in [-0.3, -0.25) is 4.79 Å². The third kappa shape index (κ3) is 2.28. The van der Waals surface area contributed by atoms with Gasteiger partial charge in [0.15, 0.2) is 5.58 Å². The highest BCUT2D eigenvalue weighted by Crippen LogP contribution is 2.35. The van der Waals surface area contributed by atoms with Gasteiger partial charge in [-0.1, -0.05) is 6.92 Å². The molecule has 0 aliphatic heterocycles. The fourth-order valence-electron chi connectivity index (χ4n) is 2.21. The number of thiazole rings is 1. The van der Waals surface area contributed by atoms with Crippen molar-refractivity contribution in [1.82, 2.24) is 4.98 Å². The van der Waals surface area contributed by atoms with Crippen molar-refractivity contribution in [3.05, 3.63) is 43.0 Å². The van der Waals surface area contributed by atoms with E-state index >= 15 is 0 Å². The van der Waals surface area contributed by atoms with Gasteiger partial charge in [0, 0.05) is 5.38 Å². The number of phenols is 1. The van der Waals surface area contributed by atoms with E-state index in [4.69, 9.17) is 4.42 Å². The van der Waals surface area contributed by atoms with Crippen LogP contribution in [0.1, 0.15) is 17.5 Å². The molecule has 3 rings (SSSR count). The molecule has 0 saturated carbocycles. The van der Waals surface area contributed by atoms with Crippen LogP contribution in [0.15, 0.2) is 31.4 Å². The maximum absolute atomic E-state index is 12.7. The Morgan fingerprint density at radius 1 is 1.48 bits per heavy atom. The minimum absolute atomic E-state index is 0.116. The molecule has 0 atom stereocenters. The Labute approximate surface area is 133 Å². The molecule has 0 unspecified atom stereocenters. The van der Waals surface area contributed by atoms with Crippen LogP contribution in [0.5, 0.6) is 5.75 Å². The smallest absolute Gasteiger partial charge is 0.202 e. The molecule has 21 heavy (non-hydrogen) atoms. The van der Waals surface area contributed by atoms with Gasteiger partial charge in [-0.25, -0.2) is 4.98 Å². The summed E-state index contributed by atoms with van der Waals surface area (Å²) in [5.74, 6) is 0.116. The van der Waals surface area contributed by atoms with E-state index in [9.17, 15) is 9.90 Å². The molecule has 1 aromatic carbocycles. The Morgan fingerprint density at radius 2 is 2.24 bits per heavy atom. The molecular weight excluding hydrogens is 354 g/mol. The average Bonchev–Trinajstić information content (AvgIpc) is 2.89. The van der Waals surface area contributed by atoms with Gasteiger partial charge in [-0.2, -0.15) is 0 Å². The first-order chi connectivity index (χ1) is 10.0. The van der Waals surface area contributed by atoms with Gasteiger partial charge in [0.2, 0.25) is 5.43 Å². The number of aromatic hydroxyl groups is 1. The lowest BCUT2D eigenvalue weighted by Crippen LogP contribution is -2.06. The quantitative estimate of drug-likeness (QED) is 0.736. The van der Waals surface area contributed by atoms with Crippen LogP contribution < -0.4 is 5.43 Å². The number of halogens is 1. The first-order valence-corrected chi connectivity index (χ1v) is 8.08. The summed E-state index contributed by atoms with van der Waals surface area (Å²) < 4.78 is 5.97. The molecule has 0 radical (unpaired) electrons. The Balaban J connectivity index is 2.35. The number of nitrogens with zero attached hydrogens (tertiary/aromatic N) is 1. The van der Waals surface area contributed by atoms with Gasteiger partial charge < -0.3 is 9.52 Å². The van der Waals surface area contributed by atoms with Crippen molar-refractivity contribution in [3.8, 4) is 17.0 Å². The molecule has 6 heteroatoms. The molecule has 3 aromatic rings. The summed E-state index contributed by atoms with van der Waals surface area (Å²) in [4.78, 5) is 17.0. The fourth-order valence-corrected chi connectivity index (χ4v) is 3.38. The third-order valence-corrected chi connectivity index (χ3v) is 4.84. The number of aromatic nitrogens is 1. The maximum atomic E-state index is 12.7. The van der Waals surface area contributed by atoms with E-state index in [1.807, 2.05) is 19.2 Å². The molecule has 108 valence electrons. The minimum Gasteiger partial charge on any atom is -0.506 e. The monoisotopic (exact) mass is 365 g/mol. The molecule has 0 amide bonds. The highest BCUT2D eigenvalue weighted by molar-refractivity contribution is 9.10. The van der Waals surface area contributed by atoms with Crippen molar-refractivity contribution in [1.29, 1.82) is 0 Å². The maximum Gasteiger partial charge on any atom is 0.202 e. The number of phenolic OH excluding ortho intramolecular Hbond substituents is 1. The molecule has 0 saturated heterocycles. The fraction of sp³-hybridized carbons (Fsp3) is 0.200. The van der Waals surface area contributed by atoms with Crippen molar-refractivity contribution >= 4 is 38.2 Å². The average molecular weight is 366 g/mol. The van der Waals surface area contributed by atoms with Gasteiger partial charge in [-0.15, -0.1) is 11.3 Å². The normalized spacial score (nSPS) is 11.2. The van der Waals surface area contributed by atoms with Crippen molar-refractivity contribution in [3.63, 3.8) is 0 Å². The highest BCUT2D eigenvalue weighted by atomic mass is 79.9. The van der Waals surface area contributed by atoms with Gasteiger partial charge in [-0.05, 0) is 40.9 Å². The van der Waals surface area contributed by atoms with Crippen molar-refractivity contribution in [2.75, 3.05) is 0 Å². The van der Waals surface area contributed by atoms with E-state index in [-0.39, 0.29) is 11.2 Å².